The van der Waals surface area contributed by atoms with Crippen LogP contribution >= 0.6 is 22.6 Å². The Morgan fingerprint density at radius 2 is 1.71 bits per heavy atom. The Hall–Kier alpha value is -1.36. The molecule has 2 rings (SSSR count). The number of hydrogen-bond donors (Lipinski definition) is 1. The molecule has 0 unspecified atom stereocenters. The molecule has 0 aliphatic carbocycles. The van der Waals surface area contributed by atoms with Gasteiger partial charge in [-0.3, -0.25) is 4.79 Å². The fourth-order valence-corrected chi connectivity index (χ4v) is 2.20. The number of aromatic hydroxyl groups is 1. The van der Waals surface area contributed by atoms with Crippen molar-refractivity contribution in [3.63, 3.8) is 0 Å². The topological polar surface area (TPSA) is 37.3 Å². The van der Waals surface area contributed by atoms with Crippen molar-refractivity contribution in [2.24, 2.45) is 0 Å². The van der Waals surface area contributed by atoms with E-state index < -0.39 is 0 Å². The van der Waals surface area contributed by atoms with E-state index >= 15 is 0 Å². The maximum absolute atomic E-state index is 12.0. The summed E-state index contributed by atoms with van der Waals surface area (Å²) in [6, 6.07) is 14.4. The highest BCUT2D eigenvalue weighted by atomic mass is 127. The Balaban J connectivity index is 2.24. The number of carbonyl (C=O) groups is 1. The van der Waals surface area contributed by atoms with E-state index in [0.717, 1.165) is 9.13 Å². The lowest BCUT2D eigenvalue weighted by Gasteiger charge is -2.05. The first kappa shape index (κ1) is 12.1. The molecular formula is C14H11IO2. The third-order valence-corrected chi connectivity index (χ3v) is 3.57. The second kappa shape index (κ2) is 5.31. The van der Waals surface area contributed by atoms with E-state index in [0.29, 0.717) is 12.0 Å². The minimum atomic E-state index is -0.0628. The smallest absolute Gasteiger partial charge is 0.170 e. The average molecular weight is 338 g/mol. The molecule has 0 radical (unpaired) electrons. The zero-order chi connectivity index (χ0) is 12.3. The number of rotatable bonds is 3. The molecule has 0 atom stereocenters. The van der Waals surface area contributed by atoms with Crippen molar-refractivity contribution in [1.82, 2.24) is 0 Å². The second-order valence-corrected chi connectivity index (χ2v) is 4.87. The summed E-state index contributed by atoms with van der Waals surface area (Å²) >= 11 is 2.21. The van der Waals surface area contributed by atoms with Crippen LogP contribution in [0.5, 0.6) is 5.75 Å². The van der Waals surface area contributed by atoms with E-state index in [9.17, 15) is 9.90 Å². The molecule has 17 heavy (non-hydrogen) atoms. The largest absolute Gasteiger partial charge is 0.507 e. The van der Waals surface area contributed by atoms with Gasteiger partial charge in [0.2, 0.25) is 0 Å². The van der Waals surface area contributed by atoms with Gasteiger partial charge in [0, 0.05) is 9.99 Å². The molecule has 1 N–H and O–H groups in total. The normalized spacial score (nSPS) is 10.2. The van der Waals surface area contributed by atoms with Crippen LogP contribution in [0.4, 0.5) is 0 Å². The number of halogens is 1. The molecule has 0 aliphatic heterocycles. The molecule has 0 heterocycles. The number of carbonyl (C=O) groups excluding carboxylic acids is 1. The summed E-state index contributed by atoms with van der Waals surface area (Å²) < 4.78 is 1.06. The second-order valence-electron chi connectivity index (χ2n) is 3.71. The molecule has 3 heteroatoms. The zero-order valence-corrected chi connectivity index (χ0v) is 11.2. The first-order valence-electron chi connectivity index (χ1n) is 5.23. The third kappa shape index (κ3) is 2.85. The molecule has 0 saturated carbocycles. The molecular weight excluding hydrogens is 327 g/mol. The van der Waals surface area contributed by atoms with Crippen molar-refractivity contribution in [2.75, 3.05) is 0 Å². The summed E-state index contributed by atoms with van der Waals surface area (Å²) in [4.78, 5) is 12.0. The maximum Gasteiger partial charge on any atom is 0.170 e. The van der Waals surface area contributed by atoms with Crippen molar-refractivity contribution in [2.45, 2.75) is 6.42 Å². The Bertz CT molecular complexity index is 549. The fraction of sp³-hybridized carbons (Fsp3) is 0.0714. The monoisotopic (exact) mass is 338 g/mol. The van der Waals surface area contributed by atoms with Gasteiger partial charge >= 0.3 is 0 Å². The number of phenols is 1. The van der Waals surface area contributed by atoms with E-state index in [-0.39, 0.29) is 11.5 Å². The zero-order valence-electron chi connectivity index (χ0n) is 9.06. The van der Waals surface area contributed by atoms with Gasteiger partial charge in [-0.05, 0) is 46.4 Å². The predicted molar refractivity (Wildman–Crippen MR) is 75.3 cm³/mol. The Labute approximate surface area is 113 Å². The van der Waals surface area contributed by atoms with E-state index in [4.69, 9.17) is 0 Å². The lowest BCUT2D eigenvalue weighted by Crippen LogP contribution is -2.04. The van der Waals surface area contributed by atoms with Crippen LogP contribution in [0, 0.1) is 3.57 Å². The van der Waals surface area contributed by atoms with Crippen LogP contribution in [0.2, 0.25) is 0 Å². The first-order valence-corrected chi connectivity index (χ1v) is 6.31. The molecule has 0 aromatic heterocycles. The maximum atomic E-state index is 12.0. The SMILES string of the molecule is O=C(Cc1ccccc1I)c1ccccc1O. The summed E-state index contributed by atoms with van der Waals surface area (Å²) in [5.41, 5.74) is 1.37. The molecule has 0 aliphatic rings. The predicted octanol–water partition coefficient (Wildman–Crippen LogP) is 3.42. The molecule has 2 aromatic rings. The van der Waals surface area contributed by atoms with E-state index in [1.165, 1.54) is 6.07 Å². The number of benzene rings is 2. The minimum absolute atomic E-state index is 0.0449. The molecule has 2 aromatic carbocycles. The number of para-hydroxylation sites is 1. The van der Waals surface area contributed by atoms with Gasteiger partial charge in [0.1, 0.15) is 5.75 Å². The lowest BCUT2D eigenvalue weighted by molar-refractivity contribution is 0.0990. The summed E-state index contributed by atoms with van der Waals surface area (Å²) in [5, 5.41) is 9.61. The standard InChI is InChI=1S/C14H11IO2/c15-12-7-3-1-5-10(12)9-14(17)11-6-2-4-8-13(11)16/h1-8,16H,9H2. The fourth-order valence-electron chi connectivity index (χ4n) is 1.62. The highest BCUT2D eigenvalue weighted by Crippen LogP contribution is 2.20. The number of ketones is 1. The molecule has 0 amide bonds. The van der Waals surface area contributed by atoms with E-state index in [1.807, 2.05) is 24.3 Å². The number of hydrogen-bond acceptors (Lipinski definition) is 2. The quantitative estimate of drug-likeness (QED) is 0.688. The van der Waals surface area contributed by atoms with Crippen molar-refractivity contribution in [3.05, 3.63) is 63.2 Å². The van der Waals surface area contributed by atoms with E-state index in [1.54, 1.807) is 18.2 Å². The van der Waals surface area contributed by atoms with Gasteiger partial charge in [0.25, 0.3) is 0 Å². The van der Waals surface area contributed by atoms with Crippen molar-refractivity contribution < 1.29 is 9.90 Å². The Morgan fingerprint density at radius 3 is 2.41 bits per heavy atom. The van der Waals surface area contributed by atoms with E-state index in [2.05, 4.69) is 22.6 Å². The van der Waals surface area contributed by atoms with Crippen molar-refractivity contribution >= 4 is 28.4 Å². The van der Waals surface area contributed by atoms with Gasteiger partial charge in [-0.1, -0.05) is 30.3 Å². The Kier molecular flexibility index (Phi) is 3.78. The average Bonchev–Trinajstić information content (AvgIpc) is 2.32. The third-order valence-electron chi connectivity index (χ3n) is 2.51. The number of Topliss-reactive ketones (excluding diaryl/α,β-unsaturated/α-hetero) is 1. The highest BCUT2D eigenvalue weighted by Gasteiger charge is 2.12. The van der Waals surface area contributed by atoms with Crippen LogP contribution in [0.1, 0.15) is 15.9 Å². The summed E-state index contributed by atoms with van der Waals surface area (Å²) in [6.07, 6.45) is 0.316. The molecule has 0 fully saturated rings. The van der Waals surface area contributed by atoms with Gasteiger partial charge in [-0.15, -0.1) is 0 Å². The molecule has 0 bridgehead atoms. The Morgan fingerprint density at radius 1 is 1.06 bits per heavy atom. The molecule has 86 valence electrons. The number of phenolic OH excluding ortho intramolecular Hbond substituents is 1. The summed E-state index contributed by atoms with van der Waals surface area (Å²) in [7, 11) is 0. The van der Waals surface area contributed by atoms with Gasteiger partial charge in [-0.2, -0.15) is 0 Å². The van der Waals surface area contributed by atoms with Crippen LogP contribution in [0.3, 0.4) is 0 Å². The van der Waals surface area contributed by atoms with Gasteiger partial charge in [0.15, 0.2) is 5.78 Å². The highest BCUT2D eigenvalue weighted by molar-refractivity contribution is 14.1. The lowest BCUT2D eigenvalue weighted by atomic mass is 10.0. The minimum Gasteiger partial charge on any atom is -0.507 e. The van der Waals surface area contributed by atoms with Gasteiger partial charge in [-0.25, -0.2) is 0 Å². The summed E-state index contributed by atoms with van der Waals surface area (Å²) in [6.45, 7) is 0. The van der Waals surface area contributed by atoms with Crippen LogP contribution in [0.25, 0.3) is 0 Å². The van der Waals surface area contributed by atoms with Crippen LogP contribution in [-0.4, -0.2) is 10.9 Å². The first-order chi connectivity index (χ1) is 8.18. The van der Waals surface area contributed by atoms with Gasteiger partial charge in [0.05, 0.1) is 5.56 Å². The molecule has 2 nitrogen and oxygen atoms in total. The van der Waals surface area contributed by atoms with Crippen LogP contribution in [-0.2, 0) is 6.42 Å². The van der Waals surface area contributed by atoms with Crippen LogP contribution < -0.4 is 0 Å². The summed E-state index contributed by atoms with van der Waals surface area (Å²) in [5.74, 6) is -0.0179. The molecule has 0 spiro atoms. The molecule has 0 saturated heterocycles. The van der Waals surface area contributed by atoms with Gasteiger partial charge < -0.3 is 5.11 Å². The van der Waals surface area contributed by atoms with Crippen LogP contribution in [0.15, 0.2) is 48.5 Å². The van der Waals surface area contributed by atoms with Crippen molar-refractivity contribution in [1.29, 1.82) is 0 Å². The van der Waals surface area contributed by atoms with Crippen molar-refractivity contribution in [3.8, 4) is 5.75 Å².